The highest BCUT2D eigenvalue weighted by Gasteiger charge is 2.12. The number of phenolic OH excluding ortho intramolecular Hbond substituents is 1. The molecule has 3 aromatic rings. The van der Waals surface area contributed by atoms with Gasteiger partial charge in [-0.05, 0) is 23.3 Å². The normalized spacial score (nSPS) is 12.0. The van der Waals surface area contributed by atoms with Gasteiger partial charge in [-0.2, -0.15) is 5.10 Å². The zero-order valence-electron chi connectivity index (χ0n) is 13.5. The Labute approximate surface area is 140 Å². The van der Waals surface area contributed by atoms with Crippen LogP contribution in [0.3, 0.4) is 0 Å². The summed E-state index contributed by atoms with van der Waals surface area (Å²) in [7, 11) is 1.54. The number of nitrogens with zero attached hydrogens (tertiary/aromatic N) is 3. The summed E-state index contributed by atoms with van der Waals surface area (Å²) < 4.78 is 6.88. The van der Waals surface area contributed by atoms with Gasteiger partial charge in [0.15, 0.2) is 11.5 Å². The Bertz CT molecular complexity index is 760. The maximum Gasteiger partial charge on any atom is 0.160 e. The topological polar surface area (TPSA) is 72.2 Å². The van der Waals surface area contributed by atoms with Crippen molar-refractivity contribution in [3.8, 4) is 11.5 Å². The second-order valence-electron chi connectivity index (χ2n) is 5.47. The van der Waals surface area contributed by atoms with E-state index in [4.69, 9.17) is 4.74 Å². The number of nitrogens with one attached hydrogen (secondary N) is 1. The van der Waals surface area contributed by atoms with Crippen molar-refractivity contribution < 1.29 is 9.84 Å². The summed E-state index contributed by atoms with van der Waals surface area (Å²) in [5.74, 6) is 0.616. The van der Waals surface area contributed by atoms with E-state index in [-0.39, 0.29) is 11.8 Å². The first-order valence-corrected chi connectivity index (χ1v) is 7.73. The minimum absolute atomic E-state index is 0.0807. The fraction of sp³-hybridized carbons (Fsp3) is 0.222. The predicted molar refractivity (Wildman–Crippen MR) is 90.7 cm³/mol. The zero-order chi connectivity index (χ0) is 16.8. The van der Waals surface area contributed by atoms with Crippen molar-refractivity contribution in [2.45, 2.75) is 19.1 Å². The second-order valence-corrected chi connectivity index (χ2v) is 5.47. The van der Waals surface area contributed by atoms with E-state index in [9.17, 15) is 5.11 Å². The number of benzene rings is 2. The van der Waals surface area contributed by atoms with Crippen molar-refractivity contribution in [3.63, 3.8) is 0 Å². The van der Waals surface area contributed by atoms with Crippen molar-refractivity contribution >= 4 is 0 Å². The van der Waals surface area contributed by atoms with E-state index < -0.39 is 0 Å². The molecule has 0 amide bonds. The molecular formula is C18H20N4O2. The van der Waals surface area contributed by atoms with E-state index in [0.717, 1.165) is 5.56 Å². The Morgan fingerprint density at radius 3 is 2.71 bits per heavy atom. The van der Waals surface area contributed by atoms with E-state index in [1.807, 2.05) is 24.3 Å². The smallest absolute Gasteiger partial charge is 0.160 e. The van der Waals surface area contributed by atoms with E-state index in [0.29, 0.717) is 18.8 Å². The number of aromatic nitrogens is 3. The van der Waals surface area contributed by atoms with E-state index in [1.54, 1.807) is 23.1 Å². The number of ether oxygens (including phenoxy) is 1. The Hall–Kier alpha value is -2.86. The third-order valence-corrected chi connectivity index (χ3v) is 3.83. The summed E-state index contributed by atoms with van der Waals surface area (Å²) >= 11 is 0. The molecule has 6 nitrogen and oxygen atoms in total. The molecule has 0 saturated heterocycles. The lowest BCUT2D eigenvalue weighted by molar-refractivity contribution is 0.372. The van der Waals surface area contributed by atoms with Crippen molar-refractivity contribution in [2.24, 2.45) is 0 Å². The molecule has 6 heteroatoms. The molecule has 2 N–H and O–H groups in total. The number of phenols is 1. The Morgan fingerprint density at radius 2 is 2.04 bits per heavy atom. The lowest BCUT2D eigenvalue weighted by atomic mass is 10.1. The summed E-state index contributed by atoms with van der Waals surface area (Å²) in [6, 6.07) is 15.7. The van der Waals surface area contributed by atoms with E-state index >= 15 is 0 Å². The minimum atomic E-state index is 0.0807. The van der Waals surface area contributed by atoms with Gasteiger partial charge in [-0.1, -0.05) is 36.4 Å². The average molecular weight is 324 g/mol. The molecule has 0 unspecified atom stereocenters. The van der Waals surface area contributed by atoms with E-state index in [2.05, 4.69) is 27.5 Å². The van der Waals surface area contributed by atoms with Gasteiger partial charge in [0, 0.05) is 6.54 Å². The largest absolute Gasteiger partial charge is 0.504 e. The van der Waals surface area contributed by atoms with Gasteiger partial charge in [-0.3, -0.25) is 4.68 Å². The van der Waals surface area contributed by atoms with Crippen LogP contribution in [0.5, 0.6) is 11.5 Å². The predicted octanol–water partition coefficient (Wildman–Crippen LogP) is 2.52. The van der Waals surface area contributed by atoms with Gasteiger partial charge in [0.05, 0.1) is 19.7 Å². The van der Waals surface area contributed by atoms with Crippen LogP contribution in [0, 0.1) is 0 Å². The molecule has 1 atom stereocenters. The molecule has 1 heterocycles. The summed E-state index contributed by atoms with van der Waals surface area (Å²) in [5, 5.41) is 17.6. The van der Waals surface area contributed by atoms with Crippen LogP contribution in [-0.4, -0.2) is 27.0 Å². The molecule has 1 aromatic heterocycles. The standard InChI is InChI=1S/C18H20N4O2/c1-24-18-8-7-14(9-17(18)23)10-20-16(11-22-13-19-12-21-22)15-5-3-2-4-6-15/h2-9,12-13,16,20,23H,10-11H2,1H3/t16-/m0/s1. The van der Waals surface area contributed by atoms with Gasteiger partial charge in [-0.25, -0.2) is 4.98 Å². The minimum Gasteiger partial charge on any atom is -0.504 e. The first-order chi connectivity index (χ1) is 11.8. The van der Waals surface area contributed by atoms with Crippen LogP contribution in [0.2, 0.25) is 0 Å². The zero-order valence-corrected chi connectivity index (χ0v) is 13.5. The highest BCUT2D eigenvalue weighted by atomic mass is 16.5. The van der Waals surface area contributed by atoms with Crippen LogP contribution in [0.4, 0.5) is 0 Å². The lowest BCUT2D eigenvalue weighted by Gasteiger charge is -2.19. The Balaban J connectivity index is 1.73. The number of rotatable bonds is 7. The molecule has 2 aromatic carbocycles. The fourth-order valence-electron chi connectivity index (χ4n) is 2.57. The van der Waals surface area contributed by atoms with E-state index in [1.165, 1.54) is 19.0 Å². The first kappa shape index (κ1) is 16.0. The highest BCUT2D eigenvalue weighted by Crippen LogP contribution is 2.26. The highest BCUT2D eigenvalue weighted by molar-refractivity contribution is 5.41. The maximum absolute atomic E-state index is 9.91. The monoisotopic (exact) mass is 324 g/mol. The molecule has 124 valence electrons. The van der Waals surface area contributed by atoms with Gasteiger partial charge < -0.3 is 15.2 Å². The number of methoxy groups -OCH3 is 1. The SMILES string of the molecule is COc1ccc(CN[C@@H](Cn2cncn2)c2ccccc2)cc1O. The molecule has 0 aliphatic rings. The van der Waals surface area contributed by atoms with Gasteiger partial charge in [-0.15, -0.1) is 0 Å². The molecule has 0 aliphatic carbocycles. The first-order valence-electron chi connectivity index (χ1n) is 7.73. The van der Waals surface area contributed by atoms with Crippen LogP contribution in [0.25, 0.3) is 0 Å². The third kappa shape index (κ3) is 3.91. The number of hydrogen-bond donors (Lipinski definition) is 2. The van der Waals surface area contributed by atoms with Crippen LogP contribution in [0.15, 0.2) is 61.2 Å². The van der Waals surface area contributed by atoms with Crippen LogP contribution < -0.4 is 10.1 Å². The van der Waals surface area contributed by atoms with Crippen molar-refractivity contribution in [1.29, 1.82) is 0 Å². The van der Waals surface area contributed by atoms with Gasteiger partial charge >= 0.3 is 0 Å². The summed E-state index contributed by atoms with van der Waals surface area (Å²) in [5.41, 5.74) is 2.15. The van der Waals surface area contributed by atoms with Crippen LogP contribution >= 0.6 is 0 Å². The quantitative estimate of drug-likeness (QED) is 0.699. The van der Waals surface area contributed by atoms with Gasteiger partial charge in [0.1, 0.15) is 12.7 Å². The molecule has 0 fully saturated rings. The molecule has 0 radical (unpaired) electrons. The Kier molecular flexibility index (Phi) is 5.08. The number of aromatic hydroxyl groups is 1. The van der Waals surface area contributed by atoms with Gasteiger partial charge in [0.25, 0.3) is 0 Å². The summed E-state index contributed by atoms with van der Waals surface area (Å²) in [6.45, 7) is 1.29. The molecular weight excluding hydrogens is 304 g/mol. The molecule has 0 aliphatic heterocycles. The van der Waals surface area contributed by atoms with Crippen molar-refractivity contribution in [2.75, 3.05) is 7.11 Å². The second kappa shape index (κ2) is 7.61. The van der Waals surface area contributed by atoms with Crippen LogP contribution in [0.1, 0.15) is 17.2 Å². The molecule has 0 saturated carbocycles. The van der Waals surface area contributed by atoms with Crippen LogP contribution in [-0.2, 0) is 13.1 Å². The Morgan fingerprint density at radius 1 is 1.21 bits per heavy atom. The third-order valence-electron chi connectivity index (χ3n) is 3.83. The lowest BCUT2D eigenvalue weighted by Crippen LogP contribution is -2.25. The molecule has 0 spiro atoms. The summed E-state index contributed by atoms with van der Waals surface area (Å²) in [6.07, 6.45) is 3.24. The summed E-state index contributed by atoms with van der Waals surface area (Å²) in [4.78, 5) is 4.00. The average Bonchev–Trinajstić information content (AvgIpc) is 3.12. The molecule has 3 rings (SSSR count). The molecule has 0 bridgehead atoms. The fourth-order valence-corrected chi connectivity index (χ4v) is 2.57. The number of hydrogen-bond acceptors (Lipinski definition) is 5. The maximum atomic E-state index is 9.91. The van der Waals surface area contributed by atoms with Crippen molar-refractivity contribution in [3.05, 3.63) is 72.3 Å². The van der Waals surface area contributed by atoms with Crippen molar-refractivity contribution in [1.82, 2.24) is 20.1 Å². The molecule has 24 heavy (non-hydrogen) atoms. The van der Waals surface area contributed by atoms with Gasteiger partial charge in [0.2, 0.25) is 0 Å².